The number of carbonyl (C=O) groups excluding carboxylic acids is 1. The Morgan fingerprint density at radius 2 is 1.92 bits per heavy atom. The van der Waals surface area contributed by atoms with E-state index >= 15 is 0 Å². The zero-order valence-electron chi connectivity index (χ0n) is 15.8. The van der Waals surface area contributed by atoms with Gasteiger partial charge in [0.2, 0.25) is 10.0 Å². The molecule has 7 heteroatoms. The van der Waals surface area contributed by atoms with Gasteiger partial charge in [0, 0.05) is 18.3 Å². The number of hydrogen-bond donors (Lipinski definition) is 2. The summed E-state index contributed by atoms with van der Waals surface area (Å²) in [6.45, 7) is 4.25. The van der Waals surface area contributed by atoms with Gasteiger partial charge in [0.1, 0.15) is 0 Å². The van der Waals surface area contributed by atoms with Gasteiger partial charge in [0.25, 0.3) is 0 Å². The lowest BCUT2D eigenvalue weighted by Gasteiger charge is -2.29. The fraction of sp³-hybridized carbons (Fsp3) is 0.632. The van der Waals surface area contributed by atoms with Gasteiger partial charge in [-0.2, -0.15) is 0 Å². The van der Waals surface area contributed by atoms with Gasteiger partial charge in [-0.05, 0) is 63.1 Å². The van der Waals surface area contributed by atoms with Crippen LogP contribution in [-0.2, 0) is 26.0 Å². The molecular formula is C19H30N2O4S. The highest BCUT2D eigenvalue weighted by molar-refractivity contribution is 7.90. The van der Waals surface area contributed by atoms with Crippen LogP contribution in [0.1, 0.15) is 45.1 Å². The summed E-state index contributed by atoms with van der Waals surface area (Å²) in [6, 6.07) is 7.86. The van der Waals surface area contributed by atoms with E-state index in [1.165, 1.54) is 7.11 Å². The molecule has 1 aliphatic rings. The van der Waals surface area contributed by atoms with Crippen LogP contribution >= 0.6 is 0 Å². The molecule has 0 bridgehead atoms. The van der Waals surface area contributed by atoms with Crippen LogP contribution in [0.4, 0.5) is 5.69 Å². The molecule has 0 amide bonds. The van der Waals surface area contributed by atoms with Crippen molar-refractivity contribution >= 4 is 21.7 Å². The first-order valence-electron chi connectivity index (χ1n) is 9.21. The lowest BCUT2D eigenvalue weighted by molar-refractivity contribution is -0.139. The first-order chi connectivity index (χ1) is 12.3. The molecule has 1 saturated carbocycles. The SMILES string of the molecule is COC(=O)Cc1cccc(NCC2CCC(NS(=O)(=O)C(C)C)CC2)c1. The monoisotopic (exact) mass is 382 g/mol. The second-order valence-electron chi connectivity index (χ2n) is 7.26. The highest BCUT2D eigenvalue weighted by Gasteiger charge is 2.26. The minimum atomic E-state index is -3.19. The average molecular weight is 383 g/mol. The number of methoxy groups -OCH3 is 1. The third-order valence-corrected chi connectivity index (χ3v) is 6.80. The standard InChI is InChI=1S/C19H30N2O4S/c1-14(2)26(23,24)21-17-9-7-15(8-10-17)13-20-18-6-4-5-16(11-18)12-19(22)25-3/h4-6,11,14-15,17,20-21H,7-10,12-13H2,1-3H3. The van der Waals surface area contributed by atoms with Gasteiger partial charge in [-0.1, -0.05) is 12.1 Å². The lowest BCUT2D eigenvalue weighted by Crippen LogP contribution is -2.41. The van der Waals surface area contributed by atoms with Crippen LogP contribution in [0.15, 0.2) is 24.3 Å². The van der Waals surface area contributed by atoms with Crippen LogP contribution < -0.4 is 10.0 Å². The van der Waals surface area contributed by atoms with Gasteiger partial charge >= 0.3 is 5.97 Å². The van der Waals surface area contributed by atoms with Gasteiger partial charge in [-0.25, -0.2) is 13.1 Å². The topological polar surface area (TPSA) is 84.5 Å². The number of nitrogens with one attached hydrogen (secondary N) is 2. The summed E-state index contributed by atoms with van der Waals surface area (Å²) in [5.41, 5.74) is 1.92. The molecule has 0 aliphatic heterocycles. The molecule has 1 fully saturated rings. The first kappa shape index (κ1) is 20.7. The van der Waals surface area contributed by atoms with E-state index in [1.807, 2.05) is 24.3 Å². The predicted octanol–water partition coefficient (Wildman–Crippen LogP) is 2.70. The molecule has 0 heterocycles. The largest absolute Gasteiger partial charge is 0.469 e. The number of esters is 1. The Labute approximate surface area is 156 Å². The van der Waals surface area contributed by atoms with E-state index in [9.17, 15) is 13.2 Å². The van der Waals surface area contributed by atoms with E-state index in [2.05, 4.69) is 10.0 Å². The van der Waals surface area contributed by atoms with Crippen LogP contribution in [0.5, 0.6) is 0 Å². The Morgan fingerprint density at radius 3 is 2.54 bits per heavy atom. The number of sulfonamides is 1. The smallest absolute Gasteiger partial charge is 0.309 e. The number of anilines is 1. The molecule has 1 aliphatic carbocycles. The van der Waals surface area contributed by atoms with Crippen molar-refractivity contribution in [1.29, 1.82) is 0 Å². The second kappa shape index (κ2) is 9.37. The van der Waals surface area contributed by atoms with Gasteiger partial charge in [0.05, 0.1) is 18.8 Å². The van der Waals surface area contributed by atoms with Gasteiger partial charge < -0.3 is 10.1 Å². The minimum absolute atomic E-state index is 0.0574. The average Bonchev–Trinajstić information content (AvgIpc) is 2.61. The predicted molar refractivity (Wildman–Crippen MR) is 104 cm³/mol. The molecule has 0 atom stereocenters. The molecule has 1 aromatic carbocycles. The minimum Gasteiger partial charge on any atom is -0.469 e. The number of carbonyl (C=O) groups is 1. The Kier molecular flexibility index (Phi) is 7.46. The van der Waals surface area contributed by atoms with Crippen molar-refractivity contribution in [3.05, 3.63) is 29.8 Å². The number of rotatable bonds is 8. The lowest BCUT2D eigenvalue weighted by atomic mass is 9.86. The molecule has 0 radical (unpaired) electrons. The Morgan fingerprint density at radius 1 is 1.23 bits per heavy atom. The van der Waals surface area contributed by atoms with Crippen molar-refractivity contribution in [2.24, 2.45) is 5.92 Å². The van der Waals surface area contributed by atoms with E-state index in [1.54, 1.807) is 13.8 Å². The number of ether oxygens (including phenoxy) is 1. The second-order valence-corrected chi connectivity index (χ2v) is 9.53. The molecule has 2 N–H and O–H groups in total. The highest BCUT2D eigenvalue weighted by atomic mass is 32.2. The van der Waals surface area contributed by atoms with Crippen molar-refractivity contribution in [1.82, 2.24) is 4.72 Å². The van der Waals surface area contributed by atoms with E-state index in [-0.39, 0.29) is 23.7 Å². The van der Waals surface area contributed by atoms with Crippen molar-refractivity contribution in [2.45, 2.75) is 57.2 Å². The molecular weight excluding hydrogens is 352 g/mol. The van der Waals surface area contributed by atoms with Crippen LogP contribution in [0, 0.1) is 5.92 Å². The van der Waals surface area contributed by atoms with Gasteiger partial charge in [0.15, 0.2) is 0 Å². The molecule has 2 rings (SSSR count). The van der Waals surface area contributed by atoms with Crippen molar-refractivity contribution in [3.63, 3.8) is 0 Å². The first-order valence-corrected chi connectivity index (χ1v) is 10.8. The van der Waals surface area contributed by atoms with Crippen molar-refractivity contribution in [3.8, 4) is 0 Å². The quantitative estimate of drug-likeness (QED) is 0.675. The molecule has 0 spiro atoms. The third kappa shape index (κ3) is 6.29. The van der Waals surface area contributed by atoms with E-state index in [0.717, 1.165) is 43.5 Å². The summed E-state index contributed by atoms with van der Waals surface area (Å²) < 4.78 is 31.5. The van der Waals surface area contributed by atoms with E-state index < -0.39 is 10.0 Å². The normalized spacial score (nSPS) is 20.8. The molecule has 146 valence electrons. The van der Waals surface area contributed by atoms with E-state index in [4.69, 9.17) is 4.74 Å². The molecule has 0 saturated heterocycles. The summed E-state index contributed by atoms with van der Waals surface area (Å²) in [5.74, 6) is 0.281. The van der Waals surface area contributed by atoms with Crippen LogP contribution in [0.2, 0.25) is 0 Å². The van der Waals surface area contributed by atoms with Crippen molar-refractivity contribution < 1.29 is 17.9 Å². The zero-order valence-corrected chi connectivity index (χ0v) is 16.6. The summed E-state index contributed by atoms with van der Waals surface area (Å²) >= 11 is 0. The highest BCUT2D eigenvalue weighted by Crippen LogP contribution is 2.25. The molecule has 6 nitrogen and oxygen atoms in total. The maximum Gasteiger partial charge on any atom is 0.309 e. The fourth-order valence-electron chi connectivity index (χ4n) is 3.15. The fourth-order valence-corrected chi connectivity index (χ4v) is 4.12. The molecule has 26 heavy (non-hydrogen) atoms. The van der Waals surface area contributed by atoms with E-state index in [0.29, 0.717) is 5.92 Å². The van der Waals surface area contributed by atoms with Crippen LogP contribution in [0.25, 0.3) is 0 Å². The van der Waals surface area contributed by atoms with Gasteiger partial charge in [-0.15, -0.1) is 0 Å². The summed E-state index contributed by atoms with van der Waals surface area (Å²) in [6.07, 6.45) is 4.02. The number of hydrogen-bond acceptors (Lipinski definition) is 5. The summed E-state index contributed by atoms with van der Waals surface area (Å²) in [4.78, 5) is 11.4. The summed E-state index contributed by atoms with van der Waals surface area (Å²) in [5, 5.41) is 3.05. The van der Waals surface area contributed by atoms with Crippen molar-refractivity contribution in [2.75, 3.05) is 19.0 Å². The zero-order chi connectivity index (χ0) is 19.2. The third-order valence-electron chi connectivity index (χ3n) is 4.90. The molecule has 0 aromatic heterocycles. The molecule has 1 aromatic rings. The Balaban J connectivity index is 1.78. The number of benzene rings is 1. The maximum atomic E-state index is 12.0. The Bertz CT molecular complexity index is 695. The maximum absolute atomic E-state index is 12.0. The van der Waals surface area contributed by atoms with Crippen LogP contribution in [-0.4, -0.2) is 39.3 Å². The van der Waals surface area contributed by atoms with Gasteiger partial charge in [-0.3, -0.25) is 4.79 Å². The Hall–Kier alpha value is -1.60. The summed E-state index contributed by atoms with van der Waals surface area (Å²) in [7, 11) is -1.80. The molecule has 0 unspecified atom stereocenters. The van der Waals surface area contributed by atoms with Crippen LogP contribution in [0.3, 0.4) is 0 Å².